The fourth-order valence-corrected chi connectivity index (χ4v) is 2.24. The van der Waals surface area contributed by atoms with E-state index in [0.717, 1.165) is 22.1 Å². The summed E-state index contributed by atoms with van der Waals surface area (Å²) >= 11 is 0. The smallest absolute Gasteiger partial charge is 0.221 e. The van der Waals surface area contributed by atoms with Crippen LogP contribution in [0.3, 0.4) is 0 Å². The molecule has 0 aliphatic carbocycles. The number of carbonyl (C=O) groups excluding carboxylic acids is 1. The number of hydrogen-bond acceptors (Lipinski definition) is 3. The molecule has 0 aliphatic rings. The third-order valence-corrected chi connectivity index (χ3v) is 3.45. The second-order valence-corrected chi connectivity index (χ2v) is 4.68. The van der Waals surface area contributed by atoms with Gasteiger partial charge in [0.05, 0.1) is 7.11 Å². The molecule has 2 aromatic rings. The van der Waals surface area contributed by atoms with Crippen LogP contribution in [0.2, 0.25) is 0 Å². The molecule has 4 heteroatoms. The van der Waals surface area contributed by atoms with Crippen molar-refractivity contribution in [1.29, 1.82) is 0 Å². The molecule has 0 bridgehead atoms. The molecule has 106 valence electrons. The predicted molar refractivity (Wildman–Crippen MR) is 78.7 cm³/mol. The third kappa shape index (κ3) is 3.08. The summed E-state index contributed by atoms with van der Waals surface area (Å²) in [6.07, 6.45) is 0.699. The van der Waals surface area contributed by atoms with Crippen LogP contribution >= 0.6 is 0 Å². The summed E-state index contributed by atoms with van der Waals surface area (Å²) in [7, 11) is 1.65. The number of ether oxygens (including phenoxy) is 1. The highest BCUT2D eigenvalue weighted by atomic mass is 16.5. The topological polar surface area (TPSA) is 49.8 Å². The summed E-state index contributed by atoms with van der Waals surface area (Å²) in [5.41, 5.74) is 1.14. The van der Waals surface area contributed by atoms with Crippen LogP contribution in [-0.4, -0.2) is 36.3 Å². The standard InChI is InChI=1S/C16H19NO3/c1-12(19)17(11-18)9-8-14-5-3-4-13-6-7-15(20-2)10-16(13)14/h3-7,10,18H,8-9,11H2,1-2H3. The number of aliphatic hydroxyl groups excluding tert-OH is 1. The van der Waals surface area contributed by atoms with Gasteiger partial charge in [-0.1, -0.05) is 24.3 Å². The van der Waals surface area contributed by atoms with Crippen molar-refractivity contribution in [2.45, 2.75) is 13.3 Å². The first-order chi connectivity index (χ1) is 9.65. The highest BCUT2D eigenvalue weighted by molar-refractivity contribution is 5.87. The van der Waals surface area contributed by atoms with Crippen molar-refractivity contribution in [3.05, 3.63) is 42.0 Å². The Morgan fingerprint density at radius 1 is 1.30 bits per heavy atom. The summed E-state index contributed by atoms with van der Waals surface area (Å²) in [4.78, 5) is 12.7. The van der Waals surface area contributed by atoms with Crippen LogP contribution in [0.15, 0.2) is 36.4 Å². The van der Waals surface area contributed by atoms with Crippen LogP contribution in [0.5, 0.6) is 5.75 Å². The minimum atomic E-state index is -0.247. The molecule has 20 heavy (non-hydrogen) atoms. The zero-order valence-corrected chi connectivity index (χ0v) is 11.8. The van der Waals surface area contributed by atoms with E-state index in [1.165, 1.54) is 11.8 Å². The molecule has 2 rings (SSSR count). The number of hydrogen-bond donors (Lipinski definition) is 1. The van der Waals surface area contributed by atoms with E-state index in [2.05, 4.69) is 0 Å². The van der Waals surface area contributed by atoms with Crippen molar-refractivity contribution < 1.29 is 14.6 Å². The number of methoxy groups -OCH3 is 1. The van der Waals surface area contributed by atoms with E-state index in [-0.39, 0.29) is 12.6 Å². The van der Waals surface area contributed by atoms with Crippen LogP contribution in [-0.2, 0) is 11.2 Å². The molecule has 1 amide bonds. The van der Waals surface area contributed by atoms with Crippen molar-refractivity contribution >= 4 is 16.7 Å². The van der Waals surface area contributed by atoms with Gasteiger partial charge in [0.25, 0.3) is 0 Å². The van der Waals surface area contributed by atoms with Gasteiger partial charge < -0.3 is 14.7 Å². The molecule has 0 radical (unpaired) electrons. The normalized spacial score (nSPS) is 10.6. The number of rotatable bonds is 5. The lowest BCUT2D eigenvalue weighted by Gasteiger charge is -2.18. The van der Waals surface area contributed by atoms with Crippen molar-refractivity contribution in [1.82, 2.24) is 4.90 Å². The van der Waals surface area contributed by atoms with Gasteiger partial charge in [0.1, 0.15) is 12.5 Å². The minimum absolute atomic E-state index is 0.120. The van der Waals surface area contributed by atoms with E-state index in [1.807, 2.05) is 36.4 Å². The molecule has 1 N–H and O–H groups in total. The highest BCUT2D eigenvalue weighted by Crippen LogP contribution is 2.24. The second kappa shape index (κ2) is 6.39. The maximum atomic E-state index is 11.3. The molecule has 0 unspecified atom stereocenters. The zero-order chi connectivity index (χ0) is 14.5. The first-order valence-corrected chi connectivity index (χ1v) is 6.57. The lowest BCUT2D eigenvalue weighted by atomic mass is 10.0. The number of amides is 1. The molecule has 0 aromatic heterocycles. The Morgan fingerprint density at radius 3 is 2.75 bits per heavy atom. The van der Waals surface area contributed by atoms with Crippen LogP contribution in [0.25, 0.3) is 10.8 Å². The quantitative estimate of drug-likeness (QED) is 0.850. The van der Waals surface area contributed by atoms with Crippen molar-refractivity contribution in [3.8, 4) is 5.75 Å². The molecular weight excluding hydrogens is 254 g/mol. The van der Waals surface area contributed by atoms with Crippen LogP contribution in [0, 0.1) is 0 Å². The van der Waals surface area contributed by atoms with E-state index in [4.69, 9.17) is 9.84 Å². The van der Waals surface area contributed by atoms with Gasteiger partial charge in [-0.15, -0.1) is 0 Å². The van der Waals surface area contributed by atoms with E-state index < -0.39 is 0 Å². The number of aliphatic hydroxyl groups is 1. The van der Waals surface area contributed by atoms with Gasteiger partial charge in [0.2, 0.25) is 5.91 Å². The van der Waals surface area contributed by atoms with Gasteiger partial charge in [-0.05, 0) is 34.9 Å². The molecule has 2 aromatic carbocycles. The van der Waals surface area contributed by atoms with Crippen LogP contribution in [0.4, 0.5) is 0 Å². The Bertz CT molecular complexity index is 610. The first-order valence-electron chi connectivity index (χ1n) is 6.57. The first kappa shape index (κ1) is 14.3. The largest absolute Gasteiger partial charge is 0.497 e. The number of benzene rings is 2. The fraction of sp³-hybridized carbons (Fsp3) is 0.312. The monoisotopic (exact) mass is 273 g/mol. The van der Waals surface area contributed by atoms with Gasteiger partial charge in [0.15, 0.2) is 0 Å². The summed E-state index contributed by atoms with van der Waals surface area (Å²) in [5.74, 6) is 0.695. The predicted octanol–water partition coefficient (Wildman–Crippen LogP) is 2.19. The Morgan fingerprint density at radius 2 is 2.10 bits per heavy atom. The summed E-state index contributed by atoms with van der Waals surface area (Å²) < 4.78 is 5.26. The average molecular weight is 273 g/mol. The van der Waals surface area contributed by atoms with Gasteiger partial charge in [0, 0.05) is 13.5 Å². The average Bonchev–Trinajstić information content (AvgIpc) is 2.47. The summed E-state index contributed by atoms with van der Waals surface area (Å²) in [5, 5.41) is 11.4. The number of nitrogens with zero attached hydrogens (tertiary/aromatic N) is 1. The van der Waals surface area contributed by atoms with E-state index in [9.17, 15) is 4.79 Å². The molecule has 0 saturated carbocycles. The van der Waals surface area contributed by atoms with Crippen LogP contribution < -0.4 is 4.74 Å². The third-order valence-electron chi connectivity index (χ3n) is 3.45. The molecule has 4 nitrogen and oxygen atoms in total. The van der Waals surface area contributed by atoms with E-state index >= 15 is 0 Å². The van der Waals surface area contributed by atoms with Crippen molar-refractivity contribution in [2.75, 3.05) is 20.4 Å². The molecule has 0 heterocycles. The zero-order valence-electron chi connectivity index (χ0n) is 11.8. The number of carbonyl (C=O) groups is 1. The Labute approximate surface area is 118 Å². The van der Waals surface area contributed by atoms with E-state index in [1.54, 1.807) is 7.11 Å². The maximum absolute atomic E-state index is 11.3. The molecule has 0 fully saturated rings. The lowest BCUT2D eigenvalue weighted by Crippen LogP contribution is -2.31. The van der Waals surface area contributed by atoms with Gasteiger partial charge in [-0.25, -0.2) is 0 Å². The van der Waals surface area contributed by atoms with E-state index in [0.29, 0.717) is 13.0 Å². The lowest BCUT2D eigenvalue weighted by molar-refractivity contribution is -0.132. The Kier molecular flexibility index (Phi) is 4.58. The number of fused-ring (bicyclic) bond motifs is 1. The minimum Gasteiger partial charge on any atom is -0.497 e. The maximum Gasteiger partial charge on any atom is 0.221 e. The Balaban J connectivity index is 2.27. The van der Waals surface area contributed by atoms with Crippen molar-refractivity contribution in [3.63, 3.8) is 0 Å². The van der Waals surface area contributed by atoms with Gasteiger partial charge in [-0.3, -0.25) is 4.79 Å². The van der Waals surface area contributed by atoms with Crippen LogP contribution in [0.1, 0.15) is 12.5 Å². The summed E-state index contributed by atoms with van der Waals surface area (Å²) in [6.45, 7) is 1.72. The SMILES string of the molecule is COc1ccc2cccc(CCN(CO)C(C)=O)c2c1. The highest BCUT2D eigenvalue weighted by Gasteiger charge is 2.08. The molecular formula is C16H19NO3. The molecule has 0 atom stereocenters. The fourth-order valence-electron chi connectivity index (χ4n) is 2.24. The van der Waals surface area contributed by atoms with Crippen molar-refractivity contribution in [2.24, 2.45) is 0 Å². The van der Waals surface area contributed by atoms with Gasteiger partial charge in [-0.2, -0.15) is 0 Å². The molecule has 0 aliphatic heterocycles. The second-order valence-electron chi connectivity index (χ2n) is 4.68. The summed E-state index contributed by atoms with van der Waals surface area (Å²) in [6, 6.07) is 12.0. The van der Waals surface area contributed by atoms with Gasteiger partial charge >= 0.3 is 0 Å². The molecule has 0 spiro atoms. The molecule has 0 saturated heterocycles. The Hall–Kier alpha value is -2.07.